The third-order valence-corrected chi connectivity index (χ3v) is 4.01. The molecule has 3 N–H and O–H groups in total. The lowest BCUT2D eigenvalue weighted by Gasteiger charge is -2.10. The van der Waals surface area contributed by atoms with Crippen molar-refractivity contribution in [1.82, 2.24) is 5.32 Å². The van der Waals surface area contributed by atoms with Gasteiger partial charge in [-0.2, -0.15) is 0 Å². The Kier molecular flexibility index (Phi) is 10.6. The fraction of sp³-hybridized carbons (Fsp3) is 0.350. The van der Waals surface area contributed by atoms with E-state index in [4.69, 9.17) is 19.9 Å². The van der Waals surface area contributed by atoms with Crippen LogP contribution in [0.3, 0.4) is 0 Å². The number of rotatable bonds is 9. The molecule has 0 radical (unpaired) electrons. The minimum Gasteiger partial charge on any atom is -0.493 e. The van der Waals surface area contributed by atoms with Crippen molar-refractivity contribution in [3.63, 3.8) is 0 Å². The van der Waals surface area contributed by atoms with Crippen molar-refractivity contribution in [1.29, 1.82) is 0 Å². The molecular weight excluding hydrogens is 476 g/mol. The molecule has 154 valence electrons. The molecule has 0 aliphatic heterocycles. The van der Waals surface area contributed by atoms with Gasteiger partial charge in [0.1, 0.15) is 5.82 Å². The summed E-state index contributed by atoms with van der Waals surface area (Å²) in [6.45, 7) is 1.22. The third kappa shape index (κ3) is 7.16. The smallest absolute Gasteiger partial charge is 0.188 e. The van der Waals surface area contributed by atoms with Crippen LogP contribution in [0.4, 0.5) is 4.39 Å². The summed E-state index contributed by atoms with van der Waals surface area (Å²) in [5.41, 5.74) is 8.38. The molecule has 0 fully saturated rings. The lowest BCUT2D eigenvalue weighted by molar-refractivity contribution is 0.181. The van der Waals surface area contributed by atoms with Gasteiger partial charge in [-0.25, -0.2) is 9.38 Å². The number of guanidine groups is 1. The van der Waals surface area contributed by atoms with Gasteiger partial charge in [0.05, 0.1) is 27.4 Å². The van der Waals surface area contributed by atoms with Crippen LogP contribution in [-0.2, 0) is 24.3 Å². The van der Waals surface area contributed by atoms with E-state index in [-0.39, 0.29) is 36.4 Å². The fourth-order valence-corrected chi connectivity index (χ4v) is 2.60. The quantitative estimate of drug-likeness (QED) is 0.312. The van der Waals surface area contributed by atoms with Crippen molar-refractivity contribution in [2.24, 2.45) is 10.7 Å². The minimum atomic E-state index is -0.286. The summed E-state index contributed by atoms with van der Waals surface area (Å²) in [6.07, 6.45) is 0.755. The van der Waals surface area contributed by atoms with Gasteiger partial charge in [0.15, 0.2) is 17.5 Å². The van der Waals surface area contributed by atoms with Crippen molar-refractivity contribution < 1.29 is 18.6 Å². The van der Waals surface area contributed by atoms with E-state index in [1.807, 2.05) is 18.2 Å². The molecule has 0 atom stereocenters. The number of halogens is 2. The summed E-state index contributed by atoms with van der Waals surface area (Å²) < 4.78 is 29.1. The highest BCUT2D eigenvalue weighted by Gasteiger charge is 2.05. The number of benzene rings is 2. The zero-order valence-corrected chi connectivity index (χ0v) is 18.7. The van der Waals surface area contributed by atoms with Gasteiger partial charge in [-0.1, -0.05) is 12.1 Å². The van der Waals surface area contributed by atoms with E-state index in [2.05, 4.69) is 10.3 Å². The van der Waals surface area contributed by atoms with Crippen LogP contribution in [0.15, 0.2) is 41.4 Å². The predicted molar refractivity (Wildman–Crippen MR) is 119 cm³/mol. The second-order valence-corrected chi connectivity index (χ2v) is 5.93. The summed E-state index contributed by atoms with van der Waals surface area (Å²) in [5, 5.41) is 3.08. The van der Waals surface area contributed by atoms with Gasteiger partial charge in [-0.3, -0.25) is 0 Å². The zero-order valence-electron chi connectivity index (χ0n) is 16.3. The van der Waals surface area contributed by atoms with Gasteiger partial charge in [0, 0.05) is 19.2 Å². The molecule has 0 spiro atoms. The van der Waals surface area contributed by atoms with Gasteiger partial charge in [-0.05, 0) is 41.8 Å². The summed E-state index contributed by atoms with van der Waals surface area (Å²) in [5.74, 6) is 1.45. The van der Waals surface area contributed by atoms with Crippen molar-refractivity contribution in [3.8, 4) is 11.5 Å². The number of nitrogens with one attached hydrogen (secondary N) is 1. The van der Waals surface area contributed by atoms with Crippen molar-refractivity contribution in [2.45, 2.75) is 19.6 Å². The average Bonchev–Trinajstić information content (AvgIpc) is 2.68. The number of ether oxygens (including phenoxy) is 3. The number of aliphatic imine (C=N–C) groups is 1. The fourth-order valence-electron chi connectivity index (χ4n) is 2.60. The van der Waals surface area contributed by atoms with Gasteiger partial charge < -0.3 is 25.3 Å². The molecule has 0 aliphatic carbocycles. The molecule has 0 unspecified atom stereocenters. The highest BCUT2D eigenvalue weighted by atomic mass is 127. The van der Waals surface area contributed by atoms with Crippen LogP contribution in [0.5, 0.6) is 11.5 Å². The number of methoxy groups -OCH3 is 3. The zero-order chi connectivity index (χ0) is 19.6. The molecule has 2 aromatic carbocycles. The maximum Gasteiger partial charge on any atom is 0.188 e. The van der Waals surface area contributed by atoms with E-state index in [1.54, 1.807) is 26.4 Å². The molecule has 0 aromatic heterocycles. The average molecular weight is 503 g/mol. The molecule has 8 heteroatoms. The Morgan fingerprint density at radius 1 is 1.04 bits per heavy atom. The Hall–Kier alpha value is -2.07. The Labute approximate surface area is 182 Å². The van der Waals surface area contributed by atoms with Gasteiger partial charge in [-0.15, -0.1) is 24.0 Å². The first-order chi connectivity index (χ1) is 13.1. The molecule has 2 aromatic rings. The molecule has 0 saturated heterocycles. The molecule has 2 rings (SSSR count). The van der Waals surface area contributed by atoms with Gasteiger partial charge >= 0.3 is 0 Å². The molecule has 28 heavy (non-hydrogen) atoms. The van der Waals surface area contributed by atoms with Crippen LogP contribution in [0.25, 0.3) is 0 Å². The SMILES string of the molecule is COCc1cc(CN=C(N)NCCc2ccc(OC)c(OC)c2)ccc1F.I. The topological polar surface area (TPSA) is 78.1 Å². The largest absolute Gasteiger partial charge is 0.493 e. The number of hydrogen-bond donors (Lipinski definition) is 2. The molecular formula is C20H27FIN3O3. The number of nitrogens with two attached hydrogens (primary N) is 1. The van der Waals surface area contributed by atoms with E-state index in [1.165, 1.54) is 13.2 Å². The maximum atomic E-state index is 13.6. The molecule has 0 heterocycles. The van der Waals surface area contributed by atoms with Gasteiger partial charge in [0.25, 0.3) is 0 Å². The van der Waals surface area contributed by atoms with Crippen LogP contribution in [0.2, 0.25) is 0 Å². The second kappa shape index (κ2) is 12.4. The van der Waals surface area contributed by atoms with Gasteiger partial charge in [0.2, 0.25) is 0 Å². The van der Waals surface area contributed by atoms with Crippen LogP contribution in [0, 0.1) is 5.82 Å². The van der Waals surface area contributed by atoms with E-state index in [0.29, 0.717) is 36.1 Å². The minimum absolute atomic E-state index is 0. The first kappa shape index (κ1) is 24.0. The van der Waals surface area contributed by atoms with Crippen LogP contribution in [-0.4, -0.2) is 33.8 Å². The lowest BCUT2D eigenvalue weighted by Crippen LogP contribution is -2.33. The maximum absolute atomic E-state index is 13.6. The highest BCUT2D eigenvalue weighted by Crippen LogP contribution is 2.27. The Bertz CT molecular complexity index is 787. The van der Waals surface area contributed by atoms with Crippen molar-refractivity contribution in [3.05, 3.63) is 58.9 Å². The summed E-state index contributed by atoms with van der Waals surface area (Å²) in [4.78, 5) is 4.29. The van der Waals surface area contributed by atoms with Crippen LogP contribution >= 0.6 is 24.0 Å². The number of nitrogens with zero attached hydrogens (tertiary/aromatic N) is 1. The predicted octanol–water partition coefficient (Wildman–Crippen LogP) is 3.25. The van der Waals surface area contributed by atoms with Crippen LogP contribution < -0.4 is 20.5 Å². The number of hydrogen-bond acceptors (Lipinski definition) is 4. The normalized spacial score (nSPS) is 10.9. The summed E-state index contributed by atoms with van der Waals surface area (Å²) >= 11 is 0. The Morgan fingerprint density at radius 2 is 1.75 bits per heavy atom. The highest BCUT2D eigenvalue weighted by molar-refractivity contribution is 14.0. The van der Waals surface area contributed by atoms with E-state index in [0.717, 1.165) is 17.5 Å². The summed E-state index contributed by atoms with van der Waals surface area (Å²) in [7, 11) is 4.75. The van der Waals surface area contributed by atoms with Crippen molar-refractivity contribution in [2.75, 3.05) is 27.9 Å². The molecule has 6 nitrogen and oxygen atoms in total. The van der Waals surface area contributed by atoms with E-state index < -0.39 is 0 Å². The Balaban J connectivity index is 0.00000392. The molecule has 0 saturated carbocycles. The second-order valence-electron chi connectivity index (χ2n) is 5.93. The first-order valence-corrected chi connectivity index (χ1v) is 8.58. The molecule has 0 aliphatic rings. The lowest BCUT2D eigenvalue weighted by atomic mass is 10.1. The standard InChI is InChI=1S/C20H26FN3O3.HI/c1-25-13-16-10-15(4-6-17(16)21)12-24-20(22)23-9-8-14-5-7-18(26-2)19(11-14)27-3;/h4-7,10-11H,8-9,12-13H2,1-3H3,(H3,22,23,24);1H. The summed E-state index contributed by atoms with van der Waals surface area (Å²) in [6, 6.07) is 10.6. The third-order valence-electron chi connectivity index (χ3n) is 4.01. The molecule has 0 bridgehead atoms. The first-order valence-electron chi connectivity index (χ1n) is 8.58. The Morgan fingerprint density at radius 3 is 2.43 bits per heavy atom. The van der Waals surface area contributed by atoms with Crippen LogP contribution in [0.1, 0.15) is 16.7 Å². The van der Waals surface area contributed by atoms with E-state index >= 15 is 0 Å². The molecule has 0 amide bonds. The van der Waals surface area contributed by atoms with E-state index in [9.17, 15) is 4.39 Å². The van der Waals surface area contributed by atoms with Crippen molar-refractivity contribution >= 4 is 29.9 Å². The monoisotopic (exact) mass is 503 g/mol.